The molecule has 0 saturated carbocycles. The summed E-state index contributed by atoms with van der Waals surface area (Å²) in [5.74, 6) is 0.641. The Morgan fingerprint density at radius 2 is 2.00 bits per heavy atom. The summed E-state index contributed by atoms with van der Waals surface area (Å²) in [6.45, 7) is 2.06. The number of carbonyl (C=O) groups excluding carboxylic acids is 1. The first-order valence-corrected chi connectivity index (χ1v) is 6.37. The number of nitrogens with one attached hydrogen (secondary N) is 1. The van der Waals surface area contributed by atoms with Crippen LogP contribution in [0.25, 0.3) is 0 Å². The van der Waals surface area contributed by atoms with Gasteiger partial charge in [-0.1, -0.05) is 12.1 Å². The van der Waals surface area contributed by atoms with Gasteiger partial charge < -0.3 is 20.9 Å². The fourth-order valence-electron chi connectivity index (χ4n) is 1.60. The Kier molecular flexibility index (Phi) is 8.96. The quantitative estimate of drug-likeness (QED) is 0.711. The van der Waals surface area contributed by atoms with Gasteiger partial charge >= 0.3 is 0 Å². The lowest BCUT2D eigenvalue weighted by atomic mass is 10.1. The number of nitrogens with two attached hydrogens (primary N) is 1. The van der Waals surface area contributed by atoms with Crippen molar-refractivity contribution in [3.63, 3.8) is 0 Å². The Morgan fingerprint density at radius 3 is 2.50 bits per heavy atom. The number of carbonyl (C=O) groups is 1. The van der Waals surface area contributed by atoms with Gasteiger partial charge in [0, 0.05) is 19.0 Å². The Bertz CT molecular complexity index is 396. The minimum absolute atomic E-state index is 0. The molecule has 6 heteroatoms. The van der Waals surface area contributed by atoms with Crippen molar-refractivity contribution in [2.45, 2.75) is 31.9 Å². The van der Waals surface area contributed by atoms with Crippen molar-refractivity contribution in [3.8, 4) is 5.75 Å². The van der Waals surface area contributed by atoms with Crippen LogP contribution in [0.2, 0.25) is 0 Å². The maximum atomic E-state index is 11.5. The van der Waals surface area contributed by atoms with Crippen LogP contribution in [-0.2, 0) is 4.79 Å². The van der Waals surface area contributed by atoms with Crippen LogP contribution in [0.1, 0.15) is 31.4 Å². The van der Waals surface area contributed by atoms with Gasteiger partial charge in [-0.05, 0) is 31.0 Å². The molecular weight excluding hydrogens is 280 g/mol. The zero-order valence-corrected chi connectivity index (χ0v) is 12.7. The summed E-state index contributed by atoms with van der Waals surface area (Å²) in [4.78, 5) is 11.5. The normalized spacial score (nSPS) is 13.0. The van der Waals surface area contributed by atoms with E-state index in [1.807, 2.05) is 6.92 Å². The fourth-order valence-corrected chi connectivity index (χ4v) is 1.60. The third-order valence-electron chi connectivity index (χ3n) is 2.82. The monoisotopic (exact) mass is 302 g/mol. The van der Waals surface area contributed by atoms with Crippen molar-refractivity contribution in [1.29, 1.82) is 0 Å². The summed E-state index contributed by atoms with van der Waals surface area (Å²) in [5.41, 5.74) is 6.32. The number of aliphatic hydroxyl groups excluding tert-OH is 1. The topological polar surface area (TPSA) is 84.6 Å². The van der Waals surface area contributed by atoms with Crippen molar-refractivity contribution in [2.24, 2.45) is 5.73 Å². The number of halogens is 1. The number of rotatable bonds is 7. The molecule has 2 atom stereocenters. The average Bonchev–Trinajstić information content (AvgIpc) is 2.42. The second-order valence-electron chi connectivity index (χ2n) is 4.61. The average molecular weight is 303 g/mol. The van der Waals surface area contributed by atoms with Gasteiger partial charge in [-0.25, -0.2) is 0 Å². The first-order chi connectivity index (χ1) is 9.02. The minimum Gasteiger partial charge on any atom is -0.497 e. The lowest BCUT2D eigenvalue weighted by Gasteiger charge is -2.13. The number of hydrogen-bond acceptors (Lipinski definition) is 4. The molecule has 0 radical (unpaired) electrons. The van der Waals surface area contributed by atoms with E-state index < -0.39 is 6.10 Å². The molecule has 4 N–H and O–H groups in total. The van der Waals surface area contributed by atoms with E-state index in [9.17, 15) is 9.90 Å². The Labute approximate surface area is 125 Å². The molecule has 114 valence electrons. The Balaban J connectivity index is 0.00000361. The number of methoxy groups -OCH3 is 1. The second kappa shape index (κ2) is 9.58. The molecule has 1 aromatic carbocycles. The van der Waals surface area contributed by atoms with Crippen molar-refractivity contribution < 1.29 is 14.6 Å². The summed E-state index contributed by atoms with van der Waals surface area (Å²) in [6, 6.07) is 7.11. The zero-order valence-electron chi connectivity index (χ0n) is 11.8. The van der Waals surface area contributed by atoms with E-state index in [0.717, 1.165) is 11.3 Å². The van der Waals surface area contributed by atoms with Crippen molar-refractivity contribution in [3.05, 3.63) is 29.8 Å². The number of aliphatic hydroxyl groups is 1. The fraction of sp³-hybridized carbons (Fsp3) is 0.500. The molecule has 0 fully saturated rings. The van der Waals surface area contributed by atoms with Crippen LogP contribution in [0.15, 0.2) is 24.3 Å². The molecule has 0 aromatic heterocycles. The predicted octanol–water partition coefficient (Wildman–Crippen LogP) is 1.39. The van der Waals surface area contributed by atoms with E-state index in [2.05, 4.69) is 5.32 Å². The minimum atomic E-state index is -0.717. The van der Waals surface area contributed by atoms with Gasteiger partial charge in [0.25, 0.3) is 0 Å². The van der Waals surface area contributed by atoms with E-state index >= 15 is 0 Å². The molecule has 0 heterocycles. The molecule has 1 aromatic rings. The van der Waals surface area contributed by atoms with Crippen LogP contribution in [0.3, 0.4) is 0 Å². The van der Waals surface area contributed by atoms with Gasteiger partial charge in [-0.2, -0.15) is 0 Å². The van der Waals surface area contributed by atoms with Gasteiger partial charge in [0.2, 0.25) is 5.91 Å². The van der Waals surface area contributed by atoms with Crippen molar-refractivity contribution in [2.75, 3.05) is 13.7 Å². The molecule has 5 nitrogen and oxygen atoms in total. The van der Waals surface area contributed by atoms with Gasteiger partial charge in [0.1, 0.15) is 5.75 Å². The first-order valence-electron chi connectivity index (χ1n) is 6.37. The van der Waals surface area contributed by atoms with Crippen LogP contribution in [0.5, 0.6) is 5.75 Å². The predicted molar refractivity (Wildman–Crippen MR) is 81.1 cm³/mol. The van der Waals surface area contributed by atoms with Crippen LogP contribution < -0.4 is 15.8 Å². The molecule has 0 saturated heterocycles. The zero-order chi connectivity index (χ0) is 14.3. The largest absolute Gasteiger partial charge is 0.497 e. The van der Waals surface area contributed by atoms with E-state index in [-0.39, 0.29) is 30.9 Å². The summed E-state index contributed by atoms with van der Waals surface area (Å²) >= 11 is 0. The van der Waals surface area contributed by atoms with Gasteiger partial charge in [-0.15, -0.1) is 12.4 Å². The van der Waals surface area contributed by atoms with Crippen molar-refractivity contribution in [1.82, 2.24) is 5.32 Å². The lowest BCUT2D eigenvalue weighted by molar-refractivity contribution is -0.121. The highest BCUT2D eigenvalue weighted by Gasteiger charge is 2.10. The summed E-state index contributed by atoms with van der Waals surface area (Å²) in [5, 5.41) is 12.6. The van der Waals surface area contributed by atoms with E-state index in [4.69, 9.17) is 10.5 Å². The van der Waals surface area contributed by atoms with Crippen molar-refractivity contribution >= 4 is 18.3 Å². The highest BCUT2D eigenvalue weighted by Crippen LogP contribution is 2.16. The third kappa shape index (κ3) is 6.75. The number of ether oxygens (including phenoxy) is 1. The van der Waals surface area contributed by atoms with Crippen LogP contribution in [0, 0.1) is 0 Å². The van der Waals surface area contributed by atoms with E-state index in [1.54, 1.807) is 31.4 Å². The van der Waals surface area contributed by atoms with E-state index in [0.29, 0.717) is 12.8 Å². The van der Waals surface area contributed by atoms with Gasteiger partial charge in [0.15, 0.2) is 0 Å². The number of hydrogen-bond donors (Lipinski definition) is 3. The maximum Gasteiger partial charge on any atom is 0.220 e. The standard InChI is InChI=1S/C14H22N2O3.ClH/c1-10(15)3-8-14(18)16-9-13(17)11-4-6-12(19-2)7-5-11;/h4-7,10,13,17H,3,8-9,15H2,1-2H3,(H,16,18);1H. The molecule has 0 aliphatic rings. The molecule has 2 unspecified atom stereocenters. The van der Waals surface area contributed by atoms with E-state index in [1.165, 1.54) is 0 Å². The van der Waals surface area contributed by atoms with Crippen LogP contribution in [0.4, 0.5) is 0 Å². The molecule has 20 heavy (non-hydrogen) atoms. The molecule has 0 aliphatic heterocycles. The molecule has 0 aliphatic carbocycles. The highest BCUT2D eigenvalue weighted by atomic mass is 35.5. The molecule has 1 amide bonds. The Hall–Kier alpha value is -1.30. The second-order valence-corrected chi connectivity index (χ2v) is 4.61. The van der Waals surface area contributed by atoms with Gasteiger partial charge in [0.05, 0.1) is 13.2 Å². The first kappa shape index (κ1) is 18.7. The maximum absolute atomic E-state index is 11.5. The molecular formula is C14H23ClN2O3. The lowest BCUT2D eigenvalue weighted by Crippen LogP contribution is -2.29. The summed E-state index contributed by atoms with van der Waals surface area (Å²) < 4.78 is 5.04. The smallest absolute Gasteiger partial charge is 0.220 e. The summed E-state index contributed by atoms with van der Waals surface area (Å²) in [7, 11) is 1.59. The van der Waals surface area contributed by atoms with Crippen LogP contribution >= 0.6 is 12.4 Å². The molecule has 0 bridgehead atoms. The SMILES string of the molecule is COc1ccc(C(O)CNC(=O)CCC(C)N)cc1.Cl. The van der Waals surface area contributed by atoms with Gasteiger partial charge in [-0.3, -0.25) is 4.79 Å². The molecule has 1 rings (SSSR count). The van der Waals surface area contributed by atoms with Crippen LogP contribution in [-0.4, -0.2) is 30.7 Å². The third-order valence-corrected chi connectivity index (χ3v) is 2.82. The summed E-state index contributed by atoms with van der Waals surface area (Å²) in [6.07, 6.45) is 0.308. The Morgan fingerprint density at radius 1 is 1.40 bits per heavy atom. The number of benzene rings is 1. The number of amides is 1. The molecule has 0 spiro atoms. The highest BCUT2D eigenvalue weighted by molar-refractivity contribution is 5.85.